The molecule has 126 valence electrons. The number of hydrogen-bond donors (Lipinski definition) is 0. The van der Waals surface area contributed by atoms with E-state index in [0.717, 1.165) is 43.0 Å². The molecule has 1 aromatic carbocycles. The Morgan fingerprint density at radius 2 is 2.08 bits per heavy atom. The van der Waals surface area contributed by atoms with Crippen LogP contribution < -0.4 is 0 Å². The molecular weight excluding hydrogens is 300 g/mol. The summed E-state index contributed by atoms with van der Waals surface area (Å²) < 4.78 is 7.71. The molecule has 1 fully saturated rings. The highest BCUT2D eigenvalue weighted by Gasteiger charge is 2.31. The predicted octanol–water partition coefficient (Wildman–Crippen LogP) is 4.00. The second-order valence-corrected chi connectivity index (χ2v) is 6.63. The number of aryl methyl sites for hydroxylation is 3. The van der Waals surface area contributed by atoms with Crippen LogP contribution in [0.15, 0.2) is 28.8 Å². The molecule has 5 heteroatoms. The summed E-state index contributed by atoms with van der Waals surface area (Å²) in [6.07, 6.45) is 2.37. The molecule has 1 saturated heterocycles. The van der Waals surface area contributed by atoms with Gasteiger partial charge in [-0.05, 0) is 52.3 Å². The van der Waals surface area contributed by atoms with Crippen molar-refractivity contribution in [1.82, 2.24) is 19.6 Å². The van der Waals surface area contributed by atoms with E-state index in [-0.39, 0.29) is 0 Å². The van der Waals surface area contributed by atoms with Gasteiger partial charge in [0.2, 0.25) is 0 Å². The van der Waals surface area contributed by atoms with Gasteiger partial charge >= 0.3 is 0 Å². The van der Waals surface area contributed by atoms with E-state index in [2.05, 4.69) is 45.8 Å². The minimum absolute atomic E-state index is 0.367. The van der Waals surface area contributed by atoms with Crippen LogP contribution in [0.2, 0.25) is 0 Å². The second-order valence-electron chi connectivity index (χ2n) is 6.63. The first-order valence-electron chi connectivity index (χ1n) is 8.80. The lowest BCUT2D eigenvalue weighted by atomic mass is 10.1. The molecule has 1 aliphatic heterocycles. The normalized spacial score (nSPS) is 18.7. The van der Waals surface area contributed by atoms with Crippen LogP contribution >= 0.6 is 0 Å². The molecule has 4 rings (SSSR count). The van der Waals surface area contributed by atoms with Crippen molar-refractivity contribution in [3.8, 4) is 0 Å². The summed E-state index contributed by atoms with van der Waals surface area (Å²) in [5.41, 5.74) is 4.56. The molecule has 2 aromatic heterocycles. The van der Waals surface area contributed by atoms with Crippen molar-refractivity contribution < 1.29 is 4.52 Å². The van der Waals surface area contributed by atoms with Crippen molar-refractivity contribution in [2.75, 3.05) is 6.54 Å². The molecular formula is C19H24N4O. The molecule has 0 aliphatic carbocycles. The lowest BCUT2D eigenvalue weighted by Gasteiger charge is -2.24. The van der Waals surface area contributed by atoms with E-state index in [0.29, 0.717) is 6.04 Å². The van der Waals surface area contributed by atoms with Gasteiger partial charge in [0.05, 0.1) is 22.8 Å². The molecule has 0 spiro atoms. The van der Waals surface area contributed by atoms with Crippen LogP contribution in [-0.2, 0) is 13.1 Å². The summed E-state index contributed by atoms with van der Waals surface area (Å²) in [6.45, 7) is 9.16. The number of likely N-dealkylation sites (tertiary alicyclic amines) is 1. The van der Waals surface area contributed by atoms with Crippen LogP contribution in [0, 0.1) is 13.8 Å². The monoisotopic (exact) mass is 324 g/mol. The molecule has 0 bridgehead atoms. The summed E-state index contributed by atoms with van der Waals surface area (Å²) in [6, 6.07) is 8.80. The van der Waals surface area contributed by atoms with Gasteiger partial charge in [0.25, 0.3) is 0 Å². The van der Waals surface area contributed by atoms with Crippen LogP contribution in [0.25, 0.3) is 11.0 Å². The molecule has 3 heterocycles. The molecule has 0 N–H and O–H groups in total. The van der Waals surface area contributed by atoms with Crippen molar-refractivity contribution in [3.05, 3.63) is 47.1 Å². The van der Waals surface area contributed by atoms with Gasteiger partial charge in [-0.3, -0.25) is 4.90 Å². The Morgan fingerprint density at radius 3 is 2.83 bits per heavy atom. The lowest BCUT2D eigenvalue weighted by Crippen LogP contribution is -2.25. The number of benzene rings is 1. The van der Waals surface area contributed by atoms with Gasteiger partial charge < -0.3 is 9.09 Å². The number of para-hydroxylation sites is 2. The Labute approximate surface area is 142 Å². The van der Waals surface area contributed by atoms with Crippen molar-refractivity contribution >= 4 is 11.0 Å². The average molecular weight is 324 g/mol. The summed E-state index contributed by atoms with van der Waals surface area (Å²) >= 11 is 0. The highest BCUT2D eigenvalue weighted by atomic mass is 16.5. The molecule has 24 heavy (non-hydrogen) atoms. The molecule has 0 radical (unpaired) electrons. The second kappa shape index (κ2) is 6.06. The van der Waals surface area contributed by atoms with E-state index in [1.54, 1.807) is 0 Å². The first kappa shape index (κ1) is 15.4. The maximum Gasteiger partial charge on any atom is 0.138 e. The van der Waals surface area contributed by atoms with Crippen molar-refractivity contribution in [2.45, 2.75) is 52.7 Å². The first-order chi connectivity index (χ1) is 11.7. The number of imidazole rings is 1. The van der Waals surface area contributed by atoms with Crippen LogP contribution in [0.4, 0.5) is 0 Å². The molecule has 0 unspecified atom stereocenters. The molecule has 1 aliphatic rings. The third kappa shape index (κ3) is 2.44. The van der Waals surface area contributed by atoms with E-state index in [1.165, 1.54) is 23.3 Å². The average Bonchev–Trinajstić information content (AvgIpc) is 3.27. The maximum atomic E-state index is 5.34. The van der Waals surface area contributed by atoms with Gasteiger partial charge in [-0.2, -0.15) is 0 Å². The number of rotatable bonds is 4. The molecule has 1 atom stereocenters. The number of fused-ring (bicyclic) bond motifs is 1. The minimum Gasteiger partial charge on any atom is -0.361 e. The predicted molar refractivity (Wildman–Crippen MR) is 93.8 cm³/mol. The summed E-state index contributed by atoms with van der Waals surface area (Å²) in [5.74, 6) is 2.13. The van der Waals surface area contributed by atoms with Gasteiger partial charge in [0, 0.05) is 18.7 Å². The molecule has 3 aromatic rings. The zero-order valence-electron chi connectivity index (χ0n) is 14.6. The van der Waals surface area contributed by atoms with E-state index in [9.17, 15) is 0 Å². The van der Waals surface area contributed by atoms with E-state index >= 15 is 0 Å². The molecule has 0 saturated carbocycles. The Hall–Kier alpha value is -2.14. The Bertz CT molecular complexity index is 844. The lowest BCUT2D eigenvalue weighted by molar-refractivity contribution is 0.234. The zero-order valence-corrected chi connectivity index (χ0v) is 14.6. The highest BCUT2D eigenvalue weighted by molar-refractivity contribution is 5.76. The smallest absolute Gasteiger partial charge is 0.138 e. The van der Waals surface area contributed by atoms with Crippen molar-refractivity contribution in [2.24, 2.45) is 0 Å². The van der Waals surface area contributed by atoms with Crippen LogP contribution in [0.3, 0.4) is 0 Å². The molecule has 0 amide bonds. The fraction of sp³-hybridized carbons (Fsp3) is 0.474. The van der Waals surface area contributed by atoms with E-state index in [1.807, 2.05) is 13.8 Å². The van der Waals surface area contributed by atoms with Gasteiger partial charge in [0.15, 0.2) is 0 Å². The topological polar surface area (TPSA) is 47.1 Å². The van der Waals surface area contributed by atoms with Crippen LogP contribution in [0.1, 0.15) is 48.6 Å². The summed E-state index contributed by atoms with van der Waals surface area (Å²) in [4.78, 5) is 7.50. The Balaban J connectivity index is 1.70. The van der Waals surface area contributed by atoms with E-state index in [4.69, 9.17) is 9.51 Å². The largest absolute Gasteiger partial charge is 0.361 e. The first-order valence-corrected chi connectivity index (χ1v) is 8.80. The fourth-order valence-electron chi connectivity index (χ4n) is 3.92. The fourth-order valence-corrected chi connectivity index (χ4v) is 3.92. The summed E-state index contributed by atoms with van der Waals surface area (Å²) in [7, 11) is 0. The van der Waals surface area contributed by atoms with Crippen LogP contribution in [-0.4, -0.2) is 26.2 Å². The minimum atomic E-state index is 0.367. The quantitative estimate of drug-likeness (QED) is 0.728. The third-order valence-electron chi connectivity index (χ3n) is 5.20. The van der Waals surface area contributed by atoms with Gasteiger partial charge in [-0.1, -0.05) is 17.3 Å². The zero-order chi connectivity index (χ0) is 16.7. The Morgan fingerprint density at radius 1 is 1.25 bits per heavy atom. The number of aromatic nitrogens is 3. The maximum absolute atomic E-state index is 5.34. The number of nitrogens with zero attached hydrogens (tertiary/aromatic N) is 4. The van der Waals surface area contributed by atoms with Crippen molar-refractivity contribution in [1.29, 1.82) is 0 Å². The van der Waals surface area contributed by atoms with Gasteiger partial charge in [-0.25, -0.2) is 4.98 Å². The van der Waals surface area contributed by atoms with Gasteiger partial charge in [-0.15, -0.1) is 0 Å². The van der Waals surface area contributed by atoms with Gasteiger partial charge in [0.1, 0.15) is 11.6 Å². The number of hydrogen-bond acceptors (Lipinski definition) is 4. The third-order valence-corrected chi connectivity index (χ3v) is 5.20. The standard InChI is InChI=1S/C19H24N4O/c1-4-23-17-9-6-5-8-16(17)20-19(23)18-10-7-11-22(18)12-15-13(2)21-24-14(15)3/h5-6,8-9,18H,4,7,10-12H2,1-3H3/t18-/m0/s1. The SMILES string of the molecule is CCn1c([C@@H]2CCCN2Cc2c(C)noc2C)nc2ccccc21. The van der Waals surface area contributed by atoms with E-state index < -0.39 is 0 Å². The Kier molecular flexibility index (Phi) is 3.88. The summed E-state index contributed by atoms with van der Waals surface area (Å²) in [5, 5.41) is 4.10. The highest BCUT2D eigenvalue weighted by Crippen LogP contribution is 2.35. The molecule has 5 nitrogen and oxygen atoms in total. The van der Waals surface area contributed by atoms with Crippen molar-refractivity contribution in [3.63, 3.8) is 0 Å². The van der Waals surface area contributed by atoms with Crippen LogP contribution in [0.5, 0.6) is 0 Å².